The van der Waals surface area contributed by atoms with E-state index in [9.17, 15) is 22.8 Å². The van der Waals surface area contributed by atoms with Gasteiger partial charge >= 0.3 is 6.18 Å². The first-order chi connectivity index (χ1) is 17.0. The second kappa shape index (κ2) is 11.6. The smallest absolute Gasteiger partial charge is 0.361 e. The Bertz CT molecular complexity index is 1170. The minimum absolute atomic E-state index is 0.0717. The van der Waals surface area contributed by atoms with E-state index >= 15 is 0 Å². The first kappa shape index (κ1) is 27.3. The summed E-state index contributed by atoms with van der Waals surface area (Å²) in [7, 11) is 0. The Hall–Kier alpha value is -3.29. The van der Waals surface area contributed by atoms with Crippen molar-refractivity contribution in [3.05, 3.63) is 71.4 Å². The van der Waals surface area contributed by atoms with Crippen LogP contribution in [0.2, 0.25) is 0 Å². The zero-order valence-corrected chi connectivity index (χ0v) is 21.2. The number of H-pyrrole nitrogens is 1. The second-order valence-corrected chi connectivity index (χ2v) is 9.83. The van der Waals surface area contributed by atoms with Gasteiger partial charge in [-0.3, -0.25) is 9.59 Å². The molecule has 36 heavy (non-hydrogen) atoms. The summed E-state index contributed by atoms with van der Waals surface area (Å²) in [6.45, 7) is 8.11. The first-order valence-corrected chi connectivity index (χ1v) is 12.2. The van der Waals surface area contributed by atoms with Crippen molar-refractivity contribution in [1.82, 2.24) is 14.8 Å². The van der Waals surface area contributed by atoms with Crippen molar-refractivity contribution in [3.63, 3.8) is 0 Å². The first-order valence-electron chi connectivity index (χ1n) is 12.2. The van der Waals surface area contributed by atoms with Gasteiger partial charge in [0.15, 0.2) is 0 Å². The molecular formula is C28H34F3N3O2. The maximum atomic E-state index is 13.4. The molecule has 0 aliphatic heterocycles. The lowest BCUT2D eigenvalue weighted by atomic mass is 10.1. The van der Waals surface area contributed by atoms with Crippen LogP contribution in [0.4, 0.5) is 13.2 Å². The Morgan fingerprint density at radius 3 is 2.22 bits per heavy atom. The predicted octanol–water partition coefficient (Wildman–Crippen LogP) is 6.04. The number of benzene rings is 2. The molecule has 5 nitrogen and oxygen atoms in total. The normalized spacial score (nSPS) is 11.9. The fourth-order valence-corrected chi connectivity index (χ4v) is 4.18. The van der Waals surface area contributed by atoms with Gasteiger partial charge in [0.2, 0.25) is 11.8 Å². The van der Waals surface area contributed by atoms with Crippen molar-refractivity contribution in [3.8, 4) is 0 Å². The van der Waals surface area contributed by atoms with Crippen molar-refractivity contribution >= 4 is 22.7 Å². The molecule has 2 amide bonds. The minimum Gasteiger partial charge on any atom is -0.361 e. The summed E-state index contributed by atoms with van der Waals surface area (Å²) >= 11 is 0. The van der Waals surface area contributed by atoms with Crippen LogP contribution in [-0.4, -0.2) is 45.7 Å². The van der Waals surface area contributed by atoms with Crippen LogP contribution >= 0.6 is 0 Å². The van der Waals surface area contributed by atoms with Gasteiger partial charge in [0.1, 0.15) is 0 Å². The minimum atomic E-state index is -4.42. The molecule has 0 unspecified atom stereocenters. The number of amides is 2. The maximum absolute atomic E-state index is 13.4. The number of rotatable bonds is 10. The number of nitrogens with zero attached hydrogens (tertiary/aromatic N) is 2. The SMILES string of the molecule is CC(C)CC(=O)N(CC(=O)N(CCc1c[nH]c2ccccc12)Cc1ccc(C(F)(F)F)cc1)C(C)C. The fraction of sp³-hybridized carbons (Fsp3) is 0.429. The average molecular weight is 502 g/mol. The van der Waals surface area contributed by atoms with E-state index in [0.717, 1.165) is 28.6 Å². The molecule has 194 valence electrons. The molecular weight excluding hydrogens is 467 g/mol. The molecule has 2 aromatic carbocycles. The quantitative estimate of drug-likeness (QED) is 0.368. The van der Waals surface area contributed by atoms with E-state index in [0.29, 0.717) is 24.9 Å². The molecule has 0 bridgehead atoms. The molecule has 0 radical (unpaired) electrons. The molecule has 0 aliphatic carbocycles. The zero-order chi connectivity index (χ0) is 26.5. The van der Waals surface area contributed by atoms with Gasteiger partial charge in [-0.25, -0.2) is 0 Å². The van der Waals surface area contributed by atoms with Crippen molar-refractivity contribution in [2.45, 2.75) is 59.3 Å². The van der Waals surface area contributed by atoms with Gasteiger partial charge in [-0.05, 0) is 55.5 Å². The topological polar surface area (TPSA) is 56.4 Å². The highest BCUT2D eigenvalue weighted by atomic mass is 19.4. The molecule has 0 atom stereocenters. The van der Waals surface area contributed by atoms with Gasteiger partial charge in [-0.2, -0.15) is 13.2 Å². The van der Waals surface area contributed by atoms with E-state index in [1.807, 2.05) is 58.2 Å². The van der Waals surface area contributed by atoms with Gasteiger partial charge < -0.3 is 14.8 Å². The third-order valence-corrected chi connectivity index (χ3v) is 6.17. The lowest BCUT2D eigenvalue weighted by molar-refractivity contribution is -0.142. The Morgan fingerprint density at radius 2 is 1.61 bits per heavy atom. The number of hydrogen-bond donors (Lipinski definition) is 1. The highest BCUT2D eigenvalue weighted by Gasteiger charge is 2.30. The number of para-hydroxylation sites is 1. The van der Waals surface area contributed by atoms with Crippen LogP contribution in [0.3, 0.4) is 0 Å². The van der Waals surface area contributed by atoms with Crippen LogP contribution in [0, 0.1) is 5.92 Å². The van der Waals surface area contributed by atoms with Gasteiger partial charge in [-0.15, -0.1) is 0 Å². The van der Waals surface area contributed by atoms with Crippen LogP contribution in [0.15, 0.2) is 54.7 Å². The van der Waals surface area contributed by atoms with E-state index in [1.54, 1.807) is 9.80 Å². The summed E-state index contributed by atoms with van der Waals surface area (Å²) in [5.74, 6) is -0.154. The third kappa shape index (κ3) is 7.12. The summed E-state index contributed by atoms with van der Waals surface area (Å²) in [5.41, 5.74) is 1.92. The molecule has 8 heteroatoms. The Balaban J connectivity index is 1.81. The monoisotopic (exact) mass is 501 g/mol. The predicted molar refractivity (Wildman–Crippen MR) is 135 cm³/mol. The van der Waals surface area contributed by atoms with Crippen molar-refractivity contribution in [2.75, 3.05) is 13.1 Å². The van der Waals surface area contributed by atoms with Gasteiger partial charge in [0.25, 0.3) is 0 Å². The Morgan fingerprint density at radius 1 is 0.944 bits per heavy atom. The summed E-state index contributed by atoms with van der Waals surface area (Å²) in [6.07, 6.45) is -1.59. The number of nitrogens with one attached hydrogen (secondary N) is 1. The number of aromatic amines is 1. The maximum Gasteiger partial charge on any atom is 0.416 e. The number of fused-ring (bicyclic) bond motifs is 1. The van der Waals surface area contributed by atoms with Crippen molar-refractivity contribution in [1.29, 1.82) is 0 Å². The van der Waals surface area contributed by atoms with Crippen LogP contribution in [-0.2, 0) is 28.7 Å². The summed E-state index contributed by atoms with van der Waals surface area (Å²) < 4.78 is 39.0. The zero-order valence-electron chi connectivity index (χ0n) is 21.2. The van der Waals surface area contributed by atoms with Gasteiger partial charge in [-0.1, -0.05) is 44.2 Å². The molecule has 0 aliphatic rings. The number of carbonyl (C=O) groups is 2. The second-order valence-electron chi connectivity index (χ2n) is 9.83. The van der Waals surface area contributed by atoms with Crippen molar-refractivity contribution in [2.24, 2.45) is 5.92 Å². The van der Waals surface area contributed by atoms with Gasteiger partial charge in [0, 0.05) is 42.7 Å². The van der Waals surface area contributed by atoms with E-state index in [4.69, 9.17) is 0 Å². The van der Waals surface area contributed by atoms with Crippen LogP contribution in [0.25, 0.3) is 10.9 Å². The molecule has 0 fully saturated rings. The third-order valence-electron chi connectivity index (χ3n) is 6.17. The highest BCUT2D eigenvalue weighted by Crippen LogP contribution is 2.29. The molecule has 1 N–H and O–H groups in total. The highest BCUT2D eigenvalue weighted by molar-refractivity contribution is 5.85. The van der Waals surface area contributed by atoms with E-state index in [-0.39, 0.29) is 36.9 Å². The fourth-order valence-electron chi connectivity index (χ4n) is 4.18. The number of hydrogen-bond acceptors (Lipinski definition) is 2. The molecule has 3 rings (SSSR count). The van der Waals surface area contributed by atoms with Crippen LogP contribution in [0.5, 0.6) is 0 Å². The summed E-state index contributed by atoms with van der Waals surface area (Å²) in [6, 6.07) is 12.6. The molecule has 3 aromatic rings. The van der Waals surface area contributed by atoms with Crippen LogP contribution in [0.1, 0.15) is 50.8 Å². The molecule has 1 aromatic heterocycles. The van der Waals surface area contributed by atoms with Gasteiger partial charge in [0.05, 0.1) is 12.1 Å². The molecule has 0 spiro atoms. The van der Waals surface area contributed by atoms with Crippen LogP contribution < -0.4 is 0 Å². The largest absolute Gasteiger partial charge is 0.416 e. The number of aromatic nitrogens is 1. The summed E-state index contributed by atoms with van der Waals surface area (Å²) in [5, 5.41) is 1.07. The number of halogens is 3. The standard InChI is InChI=1S/C28H34F3N3O2/c1-19(2)15-26(35)34(20(3)4)18-27(36)33(17-21-9-11-23(12-10-21)28(29,30)31)14-13-22-16-32-25-8-6-5-7-24(22)25/h5-12,16,19-20,32H,13-15,17-18H2,1-4H3. The molecule has 1 heterocycles. The number of carbonyl (C=O) groups excluding carboxylic acids is 2. The Labute approximate surface area is 210 Å². The lowest BCUT2D eigenvalue weighted by Gasteiger charge is -2.31. The van der Waals surface area contributed by atoms with E-state index in [2.05, 4.69) is 4.98 Å². The lowest BCUT2D eigenvalue weighted by Crippen LogP contribution is -2.46. The van der Waals surface area contributed by atoms with Crippen molar-refractivity contribution < 1.29 is 22.8 Å². The molecule has 0 saturated carbocycles. The molecule has 0 saturated heterocycles. The van der Waals surface area contributed by atoms with E-state index < -0.39 is 11.7 Å². The number of alkyl halides is 3. The Kier molecular flexibility index (Phi) is 8.82. The summed E-state index contributed by atoms with van der Waals surface area (Å²) in [4.78, 5) is 32.7. The average Bonchev–Trinajstić information content (AvgIpc) is 3.22. The van der Waals surface area contributed by atoms with E-state index in [1.165, 1.54) is 12.1 Å².